The molecule has 0 bridgehead atoms. The lowest BCUT2D eigenvalue weighted by molar-refractivity contribution is 0.459. The Bertz CT molecular complexity index is 1180. The molecule has 0 saturated heterocycles. The van der Waals surface area contributed by atoms with Gasteiger partial charge in [-0.25, -0.2) is 23.7 Å². The van der Waals surface area contributed by atoms with Crippen molar-refractivity contribution in [3.63, 3.8) is 0 Å². The molecule has 32 heavy (non-hydrogen) atoms. The molecule has 0 spiro atoms. The van der Waals surface area contributed by atoms with E-state index in [1.807, 2.05) is 31.1 Å². The Morgan fingerprint density at radius 1 is 0.844 bits per heavy atom. The summed E-state index contributed by atoms with van der Waals surface area (Å²) in [5.41, 5.74) is 3.28. The van der Waals surface area contributed by atoms with Crippen molar-refractivity contribution in [1.29, 1.82) is 0 Å². The lowest BCUT2D eigenvalue weighted by Gasteiger charge is -2.16. The monoisotopic (exact) mass is 433 g/mol. The largest absolute Gasteiger partial charge is 0.439 e. The van der Waals surface area contributed by atoms with Crippen LogP contribution in [0.1, 0.15) is 11.3 Å². The summed E-state index contributed by atoms with van der Waals surface area (Å²) in [7, 11) is 3.75. The number of nitrogens with one attached hydrogen (secondary N) is 1. The Morgan fingerprint density at radius 2 is 1.56 bits per heavy atom. The Morgan fingerprint density at radius 3 is 2.22 bits per heavy atom. The quantitative estimate of drug-likeness (QED) is 0.424. The molecule has 2 heterocycles. The van der Waals surface area contributed by atoms with Crippen LogP contribution in [0.5, 0.6) is 11.6 Å². The van der Waals surface area contributed by atoms with Crippen molar-refractivity contribution < 1.29 is 13.5 Å². The van der Waals surface area contributed by atoms with Gasteiger partial charge >= 0.3 is 0 Å². The van der Waals surface area contributed by atoms with Crippen molar-refractivity contribution in [2.24, 2.45) is 0 Å². The highest BCUT2D eigenvalue weighted by Crippen LogP contribution is 2.26. The van der Waals surface area contributed by atoms with Gasteiger partial charge in [0.2, 0.25) is 11.8 Å². The molecule has 6 nitrogen and oxygen atoms in total. The summed E-state index contributed by atoms with van der Waals surface area (Å²) in [6.07, 6.45) is 3.35. The second-order valence-electron chi connectivity index (χ2n) is 7.29. The van der Waals surface area contributed by atoms with Crippen molar-refractivity contribution in [2.45, 2.75) is 6.42 Å². The Balaban J connectivity index is 1.53. The predicted molar refractivity (Wildman–Crippen MR) is 120 cm³/mol. The van der Waals surface area contributed by atoms with E-state index < -0.39 is 5.82 Å². The van der Waals surface area contributed by atoms with Gasteiger partial charge in [-0.05, 0) is 48.0 Å². The SMILES string of the molecule is CN(C)c1ncc(Nc2ccc(Oc3ccc(F)cn3)cc2)c(Cc2ccc(F)cc2)n1. The van der Waals surface area contributed by atoms with Crippen LogP contribution in [0.3, 0.4) is 0 Å². The third-order valence-electron chi connectivity index (χ3n) is 4.60. The maximum absolute atomic E-state index is 13.3. The number of hydrogen-bond donors (Lipinski definition) is 1. The van der Waals surface area contributed by atoms with E-state index in [1.54, 1.807) is 30.5 Å². The second kappa shape index (κ2) is 9.38. The molecule has 2 aromatic carbocycles. The zero-order valence-corrected chi connectivity index (χ0v) is 17.6. The van der Waals surface area contributed by atoms with Gasteiger partial charge in [0.15, 0.2) is 0 Å². The van der Waals surface area contributed by atoms with Crippen molar-refractivity contribution in [2.75, 3.05) is 24.3 Å². The molecule has 0 amide bonds. The van der Waals surface area contributed by atoms with Crippen LogP contribution in [0.2, 0.25) is 0 Å². The summed E-state index contributed by atoms with van der Waals surface area (Å²) >= 11 is 0. The van der Waals surface area contributed by atoms with Crippen molar-refractivity contribution in [3.05, 3.63) is 95.9 Å². The summed E-state index contributed by atoms with van der Waals surface area (Å²) in [4.78, 5) is 14.8. The van der Waals surface area contributed by atoms with E-state index in [4.69, 9.17) is 4.74 Å². The number of hydrogen-bond acceptors (Lipinski definition) is 6. The molecule has 0 unspecified atom stereocenters. The van der Waals surface area contributed by atoms with Gasteiger partial charge in [0.1, 0.15) is 17.4 Å². The van der Waals surface area contributed by atoms with Crippen LogP contribution < -0.4 is 15.0 Å². The van der Waals surface area contributed by atoms with Crippen molar-refractivity contribution in [3.8, 4) is 11.6 Å². The third kappa shape index (κ3) is 5.34. The van der Waals surface area contributed by atoms with E-state index in [9.17, 15) is 8.78 Å². The van der Waals surface area contributed by atoms with Crippen molar-refractivity contribution >= 4 is 17.3 Å². The molecule has 0 aliphatic rings. The lowest BCUT2D eigenvalue weighted by atomic mass is 10.1. The fraction of sp³-hybridized carbons (Fsp3) is 0.125. The maximum atomic E-state index is 13.3. The van der Waals surface area contributed by atoms with E-state index in [-0.39, 0.29) is 5.82 Å². The molecule has 4 aromatic rings. The average Bonchev–Trinajstić information content (AvgIpc) is 2.79. The van der Waals surface area contributed by atoms with E-state index in [0.717, 1.165) is 28.8 Å². The highest BCUT2D eigenvalue weighted by molar-refractivity contribution is 5.63. The van der Waals surface area contributed by atoms with Gasteiger partial charge in [-0.3, -0.25) is 0 Å². The molecule has 0 saturated carbocycles. The fourth-order valence-corrected chi connectivity index (χ4v) is 2.96. The summed E-state index contributed by atoms with van der Waals surface area (Å²) in [5.74, 6) is 0.766. The molecule has 162 valence electrons. The van der Waals surface area contributed by atoms with Gasteiger partial charge < -0.3 is 15.0 Å². The van der Waals surface area contributed by atoms with Crippen LogP contribution in [0, 0.1) is 11.6 Å². The number of halogens is 2. The molecule has 0 atom stereocenters. The normalized spacial score (nSPS) is 10.6. The molecule has 0 radical (unpaired) electrons. The number of pyridine rings is 1. The Hall–Kier alpha value is -4.07. The zero-order valence-electron chi connectivity index (χ0n) is 17.6. The molecule has 0 aliphatic heterocycles. The third-order valence-corrected chi connectivity index (χ3v) is 4.60. The van der Waals surface area contributed by atoms with Crippen molar-refractivity contribution in [1.82, 2.24) is 15.0 Å². The topological polar surface area (TPSA) is 63.2 Å². The summed E-state index contributed by atoms with van der Waals surface area (Å²) < 4.78 is 31.9. The van der Waals surface area contributed by atoms with Crippen LogP contribution in [0.25, 0.3) is 0 Å². The standard InChI is InChI=1S/C24H21F2N5O/c1-31(2)24-28-15-22(21(30-24)13-16-3-5-17(25)6-4-16)29-19-8-10-20(11-9-19)32-23-12-7-18(26)14-27-23/h3-12,14-15,29H,13H2,1-2H3. The van der Waals surface area contributed by atoms with E-state index in [0.29, 0.717) is 24.0 Å². The van der Waals surface area contributed by atoms with Crippen LogP contribution in [0.15, 0.2) is 73.1 Å². The number of aromatic nitrogens is 3. The van der Waals surface area contributed by atoms with Crippen LogP contribution in [-0.4, -0.2) is 29.0 Å². The molecule has 0 aliphatic carbocycles. The average molecular weight is 433 g/mol. The minimum absolute atomic E-state index is 0.276. The van der Waals surface area contributed by atoms with Gasteiger partial charge in [-0.15, -0.1) is 0 Å². The smallest absolute Gasteiger partial charge is 0.225 e. The van der Waals surface area contributed by atoms with Crippen LogP contribution in [0.4, 0.5) is 26.1 Å². The zero-order chi connectivity index (χ0) is 22.5. The fourth-order valence-electron chi connectivity index (χ4n) is 2.96. The number of ether oxygens (including phenoxy) is 1. The Kier molecular flexibility index (Phi) is 6.21. The second-order valence-corrected chi connectivity index (χ2v) is 7.29. The molecule has 8 heteroatoms. The van der Waals surface area contributed by atoms with E-state index >= 15 is 0 Å². The van der Waals surface area contributed by atoms with Gasteiger partial charge in [0.05, 0.1) is 23.8 Å². The number of anilines is 3. The number of benzene rings is 2. The molecular weight excluding hydrogens is 412 g/mol. The first-order valence-corrected chi connectivity index (χ1v) is 9.90. The Labute approximate surface area is 184 Å². The van der Waals surface area contributed by atoms with Crippen LogP contribution >= 0.6 is 0 Å². The molecular formula is C24H21F2N5O. The first kappa shape index (κ1) is 21.2. The van der Waals surface area contributed by atoms with Gasteiger partial charge in [0.25, 0.3) is 0 Å². The predicted octanol–water partition coefficient (Wildman–Crippen LogP) is 5.34. The van der Waals surface area contributed by atoms with Gasteiger partial charge in [-0.1, -0.05) is 12.1 Å². The highest BCUT2D eigenvalue weighted by atomic mass is 19.1. The minimum Gasteiger partial charge on any atom is -0.439 e. The number of rotatable bonds is 7. The molecule has 2 aromatic heterocycles. The lowest BCUT2D eigenvalue weighted by Crippen LogP contribution is -2.14. The van der Waals surface area contributed by atoms with Gasteiger partial charge in [0, 0.05) is 32.3 Å². The summed E-state index contributed by atoms with van der Waals surface area (Å²) in [5, 5.41) is 3.33. The maximum Gasteiger partial charge on any atom is 0.225 e. The molecule has 0 fully saturated rings. The molecule has 4 rings (SSSR count). The first-order valence-electron chi connectivity index (χ1n) is 9.90. The molecule has 1 N–H and O–H groups in total. The van der Waals surface area contributed by atoms with E-state index in [2.05, 4.69) is 20.3 Å². The van der Waals surface area contributed by atoms with Gasteiger partial charge in [-0.2, -0.15) is 0 Å². The van der Waals surface area contributed by atoms with E-state index in [1.165, 1.54) is 24.3 Å². The minimum atomic E-state index is -0.421. The van der Waals surface area contributed by atoms with Crippen LogP contribution in [-0.2, 0) is 6.42 Å². The summed E-state index contributed by atoms with van der Waals surface area (Å²) in [6, 6.07) is 16.4. The first-order chi connectivity index (χ1) is 15.5. The highest BCUT2D eigenvalue weighted by Gasteiger charge is 2.11. The summed E-state index contributed by atoms with van der Waals surface area (Å²) in [6.45, 7) is 0. The number of nitrogens with zero attached hydrogens (tertiary/aromatic N) is 4.